The molecule has 0 atom stereocenters. The standard InChI is InChI=1S/C16H25NO2/c1-15(2,3)13-9-12(18-4)8-11(14(13)19-5)10-16(17)6-7-16/h8-9H,6-7,10,17H2,1-5H3. The van der Waals surface area contributed by atoms with Crippen molar-refractivity contribution in [2.24, 2.45) is 5.73 Å². The summed E-state index contributed by atoms with van der Waals surface area (Å²) in [5, 5.41) is 0. The summed E-state index contributed by atoms with van der Waals surface area (Å²) >= 11 is 0. The van der Waals surface area contributed by atoms with Crippen molar-refractivity contribution in [2.45, 2.75) is 51.0 Å². The highest BCUT2D eigenvalue weighted by Gasteiger charge is 2.39. The molecule has 0 heterocycles. The Kier molecular flexibility index (Phi) is 3.52. The van der Waals surface area contributed by atoms with Crippen molar-refractivity contribution < 1.29 is 9.47 Å². The van der Waals surface area contributed by atoms with Gasteiger partial charge in [0.2, 0.25) is 0 Å². The van der Waals surface area contributed by atoms with Gasteiger partial charge in [-0.3, -0.25) is 0 Å². The molecule has 2 N–H and O–H groups in total. The predicted octanol–water partition coefficient (Wildman–Crippen LogP) is 3.04. The quantitative estimate of drug-likeness (QED) is 0.908. The lowest BCUT2D eigenvalue weighted by Crippen LogP contribution is -2.25. The molecule has 0 amide bonds. The van der Waals surface area contributed by atoms with Gasteiger partial charge in [-0.25, -0.2) is 0 Å². The van der Waals surface area contributed by atoms with Gasteiger partial charge in [-0.2, -0.15) is 0 Å². The molecule has 0 aliphatic heterocycles. The average molecular weight is 263 g/mol. The van der Waals surface area contributed by atoms with E-state index in [1.807, 2.05) is 0 Å². The van der Waals surface area contributed by atoms with Crippen LogP contribution in [0.2, 0.25) is 0 Å². The molecule has 3 nitrogen and oxygen atoms in total. The second-order valence-corrected chi connectivity index (χ2v) is 6.66. The summed E-state index contributed by atoms with van der Waals surface area (Å²) in [4.78, 5) is 0. The topological polar surface area (TPSA) is 44.5 Å². The zero-order valence-electron chi connectivity index (χ0n) is 12.7. The zero-order chi connectivity index (χ0) is 14.3. The first kappa shape index (κ1) is 14.2. The SMILES string of the molecule is COc1cc(CC2(N)CC2)c(OC)c(C(C)(C)C)c1. The van der Waals surface area contributed by atoms with Crippen molar-refractivity contribution in [1.82, 2.24) is 0 Å². The van der Waals surface area contributed by atoms with Crippen molar-refractivity contribution in [3.63, 3.8) is 0 Å². The van der Waals surface area contributed by atoms with Gasteiger partial charge in [0.15, 0.2) is 0 Å². The summed E-state index contributed by atoms with van der Waals surface area (Å²) in [7, 11) is 3.43. The van der Waals surface area contributed by atoms with E-state index < -0.39 is 0 Å². The highest BCUT2D eigenvalue weighted by molar-refractivity contribution is 5.51. The Morgan fingerprint density at radius 3 is 2.21 bits per heavy atom. The smallest absolute Gasteiger partial charge is 0.126 e. The zero-order valence-corrected chi connectivity index (χ0v) is 12.7. The van der Waals surface area contributed by atoms with Gasteiger partial charge in [0.1, 0.15) is 11.5 Å². The Labute approximate surface area is 116 Å². The molecule has 1 aliphatic rings. The molecule has 1 aromatic carbocycles. The predicted molar refractivity (Wildman–Crippen MR) is 78.1 cm³/mol. The van der Waals surface area contributed by atoms with Gasteiger partial charge < -0.3 is 15.2 Å². The lowest BCUT2D eigenvalue weighted by atomic mass is 9.84. The maximum absolute atomic E-state index is 6.26. The number of rotatable bonds is 4. The van der Waals surface area contributed by atoms with Crippen LogP contribution in [0.25, 0.3) is 0 Å². The minimum Gasteiger partial charge on any atom is -0.497 e. The highest BCUT2D eigenvalue weighted by atomic mass is 16.5. The maximum atomic E-state index is 6.26. The molecule has 1 aliphatic carbocycles. The van der Waals surface area contributed by atoms with Crippen molar-refractivity contribution in [3.8, 4) is 11.5 Å². The van der Waals surface area contributed by atoms with Crippen molar-refractivity contribution in [2.75, 3.05) is 14.2 Å². The first-order valence-corrected chi connectivity index (χ1v) is 6.83. The fourth-order valence-corrected chi connectivity index (χ4v) is 2.42. The Bertz CT molecular complexity index is 470. The van der Waals surface area contributed by atoms with Crippen LogP contribution in [0, 0.1) is 0 Å². The highest BCUT2D eigenvalue weighted by Crippen LogP contribution is 2.42. The maximum Gasteiger partial charge on any atom is 0.126 e. The van der Waals surface area contributed by atoms with E-state index in [2.05, 4.69) is 32.9 Å². The lowest BCUT2D eigenvalue weighted by Gasteiger charge is -2.25. The van der Waals surface area contributed by atoms with E-state index in [1.165, 1.54) is 5.56 Å². The molecule has 0 bridgehead atoms. The number of methoxy groups -OCH3 is 2. The Morgan fingerprint density at radius 2 is 1.79 bits per heavy atom. The number of hydrogen-bond acceptors (Lipinski definition) is 3. The Hall–Kier alpha value is -1.22. The van der Waals surface area contributed by atoms with Gasteiger partial charge in [-0.15, -0.1) is 0 Å². The molecule has 106 valence electrons. The van der Waals surface area contributed by atoms with E-state index in [0.29, 0.717) is 0 Å². The number of nitrogens with two attached hydrogens (primary N) is 1. The summed E-state index contributed by atoms with van der Waals surface area (Å²) in [5.74, 6) is 1.84. The van der Waals surface area contributed by atoms with E-state index in [1.54, 1.807) is 14.2 Å². The van der Waals surface area contributed by atoms with Crippen LogP contribution in [0.5, 0.6) is 11.5 Å². The molecule has 0 aromatic heterocycles. The summed E-state index contributed by atoms with van der Waals surface area (Å²) in [6, 6.07) is 4.12. The first-order chi connectivity index (χ1) is 8.79. The molecule has 2 rings (SSSR count). The summed E-state index contributed by atoms with van der Waals surface area (Å²) < 4.78 is 11.1. The molecule has 1 fully saturated rings. The Balaban J connectivity index is 2.50. The van der Waals surface area contributed by atoms with Gasteiger partial charge in [0, 0.05) is 11.1 Å². The molecule has 3 heteroatoms. The second kappa shape index (κ2) is 4.71. The van der Waals surface area contributed by atoms with E-state index >= 15 is 0 Å². The summed E-state index contributed by atoms with van der Waals surface area (Å²) in [6.45, 7) is 6.55. The number of hydrogen-bond donors (Lipinski definition) is 1. The second-order valence-electron chi connectivity index (χ2n) is 6.66. The van der Waals surface area contributed by atoms with E-state index in [0.717, 1.165) is 36.3 Å². The minimum absolute atomic E-state index is 0.0138. The van der Waals surface area contributed by atoms with Gasteiger partial charge in [0.25, 0.3) is 0 Å². The molecular weight excluding hydrogens is 238 g/mol. The van der Waals surface area contributed by atoms with Crippen molar-refractivity contribution in [3.05, 3.63) is 23.3 Å². The van der Waals surface area contributed by atoms with E-state index in [9.17, 15) is 0 Å². The van der Waals surface area contributed by atoms with Crippen LogP contribution in [0.4, 0.5) is 0 Å². The monoisotopic (exact) mass is 263 g/mol. The van der Waals surface area contributed by atoms with Crippen LogP contribution in [-0.4, -0.2) is 19.8 Å². The van der Waals surface area contributed by atoms with Crippen LogP contribution in [-0.2, 0) is 11.8 Å². The Morgan fingerprint density at radius 1 is 1.16 bits per heavy atom. The number of benzene rings is 1. The van der Waals surface area contributed by atoms with Gasteiger partial charge in [-0.1, -0.05) is 20.8 Å². The van der Waals surface area contributed by atoms with E-state index in [-0.39, 0.29) is 11.0 Å². The molecule has 0 unspecified atom stereocenters. The lowest BCUT2D eigenvalue weighted by molar-refractivity contribution is 0.381. The fraction of sp³-hybridized carbons (Fsp3) is 0.625. The third-order valence-electron chi connectivity index (χ3n) is 3.82. The van der Waals surface area contributed by atoms with Gasteiger partial charge >= 0.3 is 0 Å². The molecule has 19 heavy (non-hydrogen) atoms. The number of ether oxygens (including phenoxy) is 2. The molecular formula is C16H25NO2. The third kappa shape index (κ3) is 3.03. The fourth-order valence-electron chi connectivity index (χ4n) is 2.42. The summed E-state index contributed by atoms with van der Waals surface area (Å²) in [5.41, 5.74) is 8.57. The normalized spacial score (nSPS) is 17.2. The largest absolute Gasteiger partial charge is 0.497 e. The van der Waals surface area contributed by atoms with Crippen molar-refractivity contribution in [1.29, 1.82) is 0 Å². The summed E-state index contributed by atoms with van der Waals surface area (Å²) in [6.07, 6.45) is 3.05. The first-order valence-electron chi connectivity index (χ1n) is 6.83. The van der Waals surface area contributed by atoms with E-state index in [4.69, 9.17) is 15.2 Å². The molecule has 1 aromatic rings. The van der Waals surface area contributed by atoms with Crippen molar-refractivity contribution >= 4 is 0 Å². The van der Waals surface area contributed by atoms with Gasteiger partial charge in [-0.05, 0) is 42.4 Å². The molecule has 0 spiro atoms. The third-order valence-corrected chi connectivity index (χ3v) is 3.82. The molecule has 0 saturated heterocycles. The van der Waals surface area contributed by atoms with Crippen LogP contribution in [0.1, 0.15) is 44.7 Å². The minimum atomic E-state index is -0.0329. The molecule has 0 radical (unpaired) electrons. The van der Waals surface area contributed by atoms with Gasteiger partial charge in [0.05, 0.1) is 14.2 Å². The van der Waals surface area contributed by atoms with Crippen LogP contribution in [0.3, 0.4) is 0 Å². The van der Waals surface area contributed by atoms with Crippen LogP contribution < -0.4 is 15.2 Å². The average Bonchev–Trinajstić information content (AvgIpc) is 3.04. The van der Waals surface area contributed by atoms with Crippen LogP contribution >= 0.6 is 0 Å². The molecule has 1 saturated carbocycles. The van der Waals surface area contributed by atoms with Crippen LogP contribution in [0.15, 0.2) is 12.1 Å².